The average Bonchev–Trinajstić information content (AvgIpc) is 2.66. The fourth-order valence-electron chi connectivity index (χ4n) is 2.63. The van der Waals surface area contributed by atoms with Gasteiger partial charge in [-0.05, 0) is 43.0 Å². The molecule has 1 unspecified atom stereocenters. The highest BCUT2D eigenvalue weighted by Crippen LogP contribution is 2.29. The number of rotatable bonds is 8. The predicted molar refractivity (Wildman–Crippen MR) is 109 cm³/mol. The molecule has 2 aromatic rings. The number of carboxylic acids is 1. The van der Waals surface area contributed by atoms with Crippen LogP contribution in [0.1, 0.15) is 48.8 Å². The molecule has 146 valence electrons. The minimum Gasteiger partial charge on any atom is -0.478 e. The molecule has 0 bridgehead atoms. The molecule has 28 heavy (non-hydrogen) atoms. The number of benzene rings is 1. The first-order valence-electron chi connectivity index (χ1n) is 9.05. The summed E-state index contributed by atoms with van der Waals surface area (Å²) in [5.41, 5.74) is 1.59. The quantitative estimate of drug-likeness (QED) is 0.642. The van der Waals surface area contributed by atoms with Crippen LogP contribution in [0.5, 0.6) is 0 Å². The summed E-state index contributed by atoms with van der Waals surface area (Å²) in [6, 6.07) is 12.0. The SMILES string of the molecule is CCC(Sc1nc(CC(C)C)ccc1C#N)C(=O)Nc1ccccc1C(=O)O. The van der Waals surface area contributed by atoms with Gasteiger partial charge in [0.25, 0.3) is 0 Å². The van der Waals surface area contributed by atoms with Gasteiger partial charge in [-0.25, -0.2) is 9.78 Å². The van der Waals surface area contributed by atoms with Gasteiger partial charge in [-0.2, -0.15) is 5.26 Å². The lowest BCUT2D eigenvalue weighted by molar-refractivity contribution is -0.115. The van der Waals surface area contributed by atoms with Crippen LogP contribution in [0.25, 0.3) is 0 Å². The minimum absolute atomic E-state index is 0.0328. The van der Waals surface area contributed by atoms with Crippen LogP contribution in [0.4, 0.5) is 5.69 Å². The lowest BCUT2D eigenvalue weighted by Crippen LogP contribution is -2.25. The van der Waals surface area contributed by atoms with E-state index >= 15 is 0 Å². The van der Waals surface area contributed by atoms with E-state index in [1.807, 2.05) is 13.0 Å². The number of aromatic carboxylic acids is 1. The maximum absolute atomic E-state index is 12.7. The third kappa shape index (κ3) is 5.57. The number of pyridine rings is 1. The van der Waals surface area contributed by atoms with Crippen LogP contribution in [0.2, 0.25) is 0 Å². The normalized spacial score (nSPS) is 11.7. The second kappa shape index (κ2) is 9.90. The van der Waals surface area contributed by atoms with Crippen molar-refractivity contribution in [2.45, 2.75) is 43.9 Å². The van der Waals surface area contributed by atoms with Gasteiger partial charge in [0.2, 0.25) is 5.91 Å². The van der Waals surface area contributed by atoms with Crippen LogP contribution < -0.4 is 5.32 Å². The van der Waals surface area contributed by atoms with E-state index in [1.165, 1.54) is 17.8 Å². The van der Waals surface area contributed by atoms with Crippen LogP contribution in [-0.2, 0) is 11.2 Å². The molecule has 1 amide bonds. The smallest absolute Gasteiger partial charge is 0.337 e. The summed E-state index contributed by atoms with van der Waals surface area (Å²) >= 11 is 1.23. The summed E-state index contributed by atoms with van der Waals surface area (Å²) in [4.78, 5) is 28.7. The van der Waals surface area contributed by atoms with Gasteiger partial charge in [-0.1, -0.05) is 44.7 Å². The van der Waals surface area contributed by atoms with Crippen molar-refractivity contribution in [1.29, 1.82) is 5.26 Å². The Labute approximate surface area is 169 Å². The lowest BCUT2D eigenvalue weighted by atomic mass is 10.1. The molecule has 0 saturated heterocycles. The Morgan fingerprint density at radius 2 is 1.96 bits per heavy atom. The number of nitriles is 1. The Kier molecular flexibility index (Phi) is 7.59. The molecule has 0 fully saturated rings. The second-order valence-electron chi connectivity index (χ2n) is 6.72. The Bertz CT molecular complexity index is 906. The van der Waals surface area contributed by atoms with Crippen molar-refractivity contribution in [2.24, 2.45) is 5.92 Å². The van der Waals surface area contributed by atoms with Crippen molar-refractivity contribution >= 4 is 29.3 Å². The van der Waals surface area contributed by atoms with Crippen molar-refractivity contribution in [3.8, 4) is 6.07 Å². The third-order valence-electron chi connectivity index (χ3n) is 3.99. The van der Waals surface area contributed by atoms with Crippen molar-refractivity contribution in [2.75, 3.05) is 5.32 Å². The largest absolute Gasteiger partial charge is 0.478 e. The van der Waals surface area contributed by atoms with E-state index < -0.39 is 11.2 Å². The highest BCUT2D eigenvalue weighted by molar-refractivity contribution is 8.00. The van der Waals surface area contributed by atoms with E-state index in [1.54, 1.807) is 24.3 Å². The molecule has 1 heterocycles. The van der Waals surface area contributed by atoms with Gasteiger partial charge in [0, 0.05) is 5.69 Å². The molecule has 2 N–H and O–H groups in total. The molecule has 0 aliphatic carbocycles. The summed E-state index contributed by atoms with van der Waals surface area (Å²) < 4.78 is 0. The minimum atomic E-state index is -1.11. The molecule has 6 nitrogen and oxygen atoms in total. The predicted octanol–water partition coefficient (Wildman–Crippen LogP) is 4.36. The summed E-state index contributed by atoms with van der Waals surface area (Å²) in [6.07, 6.45) is 1.29. The summed E-state index contributed by atoms with van der Waals surface area (Å²) in [6.45, 7) is 6.05. The number of nitrogens with zero attached hydrogens (tertiary/aromatic N) is 2. The number of hydrogen-bond acceptors (Lipinski definition) is 5. The number of nitrogens with one attached hydrogen (secondary N) is 1. The molecule has 0 aliphatic rings. The Morgan fingerprint density at radius 3 is 2.57 bits per heavy atom. The molecular formula is C21H23N3O3S. The van der Waals surface area contributed by atoms with Gasteiger partial charge in [-0.15, -0.1) is 0 Å². The molecule has 0 radical (unpaired) electrons. The topological polar surface area (TPSA) is 103 Å². The zero-order valence-electron chi connectivity index (χ0n) is 16.1. The molecule has 7 heteroatoms. The standard InChI is InChI=1S/C21H23N3O3S/c1-4-18(19(25)24-17-8-6-5-7-16(17)21(26)27)28-20-14(12-22)9-10-15(23-20)11-13(2)3/h5-10,13,18H,4,11H2,1-3H3,(H,24,25)(H,26,27). The number of carbonyl (C=O) groups is 2. The maximum Gasteiger partial charge on any atom is 0.337 e. The van der Waals surface area contributed by atoms with Crippen molar-refractivity contribution in [1.82, 2.24) is 4.98 Å². The fraction of sp³-hybridized carbons (Fsp3) is 0.333. The molecule has 2 rings (SSSR count). The van der Waals surface area contributed by atoms with E-state index in [2.05, 4.69) is 30.2 Å². The highest BCUT2D eigenvalue weighted by atomic mass is 32.2. The molecule has 0 aliphatic heterocycles. The number of amides is 1. The first-order valence-corrected chi connectivity index (χ1v) is 9.93. The molecule has 0 saturated carbocycles. The van der Waals surface area contributed by atoms with E-state index in [4.69, 9.17) is 0 Å². The summed E-state index contributed by atoms with van der Waals surface area (Å²) in [5.74, 6) is -0.997. The zero-order valence-corrected chi connectivity index (χ0v) is 16.9. The van der Waals surface area contributed by atoms with Crippen LogP contribution in [-0.4, -0.2) is 27.2 Å². The first-order chi connectivity index (χ1) is 13.3. The molecule has 0 spiro atoms. The van der Waals surface area contributed by atoms with Crippen molar-refractivity contribution in [3.05, 3.63) is 53.2 Å². The molecule has 1 aromatic carbocycles. The number of para-hydroxylation sites is 1. The Balaban J connectivity index is 2.23. The van der Waals surface area contributed by atoms with E-state index in [0.717, 1.165) is 12.1 Å². The Morgan fingerprint density at radius 1 is 1.25 bits per heavy atom. The summed E-state index contributed by atoms with van der Waals surface area (Å²) in [5, 5.41) is 21.4. The van der Waals surface area contributed by atoms with Gasteiger partial charge in [0.15, 0.2) is 0 Å². The van der Waals surface area contributed by atoms with Gasteiger partial charge in [0.05, 0.1) is 22.1 Å². The first kappa shape index (κ1) is 21.5. The number of carboxylic acid groups (broad SMARTS) is 1. The van der Waals surface area contributed by atoms with Gasteiger partial charge >= 0.3 is 5.97 Å². The average molecular weight is 398 g/mol. The van der Waals surface area contributed by atoms with Crippen molar-refractivity contribution < 1.29 is 14.7 Å². The number of aromatic nitrogens is 1. The second-order valence-corrected chi connectivity index (χ2v) is 7.91. The molecule has 1 atom stereocenters. The monoisotopic (exact) mass is 397 g/mol. The van der Waals surface area contributed by atoms with Crippen LogP contribution in [0, 0.1) is 17.2 Å². The number of thioether (sulfide) groups is 1. The zero-order chi connectivity index (χ0) is 20.7. The van der Waals surface area contributed by atoms with E-state index in [9.17, 15) is 20.0 Å². The van der Waals surface area contributed by atoms with E-state index in [0.29, 0.717) is 22.9 Å². The van der Waals surface area contributed by atoms with E-state index in [-0.39, 0.29) is 17.2 Å². The molecular weight excluding hydrogens is 374 g/mol. The molecule has 1 aromatic heterocycles. The number of hydrogen-bond donors (Lipinski definition) is 2. The summed E-state index contributed by atoms with van der Waals surface area (Å²) in [7, 11) is 0. The highest BCUT2D eigenvalue weighted by Gasteiger charge is 2.22. The van der Waals surface area contributed by atoms with Crippen LogP contribution in [0.15, 0.2) is 41.4 Å². The van der Waals surface area contributed by atoms with Crippen LogP contribution in [0.3, 0.4) is 0 Å². The fourth-order valence-corrected chi connectivity index (χ4v) is 3.65. The van der Waals surface area contributed by atoms with Gasteiger partial charge in [-0.3, -0.25) is 4.79 Å². The maximum atomic E-state index is 12.7. The lowest BCUT2D eigenvalue weighted by Gasteiger charge is -2.16. The van der Waals surface area contributed by atoms with Gasteiger partial charge < -0.3 is 10.4 Å². The van der Waals surface area contributed by atoms with Gasteiger partial charge in [0.1, 0.15) is 11.1 Å². The third-order valence-corrected chi connectivity index (χ3v) is 5.35. The number of carbonyl (C=O) groups excluding carboxylic acids is 1. The number of anilines is 1. The Hall–Kier alpha value is -2.85. The van der Waals surface area contributed by atoms with Crippen LogP contribution >= 0.6 is 11.8 Å². The van der Waals surface area contributed by atoms with Crippen molar-refractivity contribution in [3.63, 3.8) is 0 Å².